The van der Waals surface area contributed by atoms with Crippen molar-refractivity contribution in [1.29, 1.82) is 0 Å². The minimum absolute atomic E-state index is 0.0298. The SMILES string of the molecule is O=C(CC1COc2ccccc2N1Cc1ccccc1)NCCCN1CCCCC1. The van der Waals surface area contributed by atoms with Crippen molar-refractivity contribution in [3.05, 3.63) is 60.2 Å². The molecule has 0 bridgehead atoms. The Morgan fingerprint density at radius 3 is 2.60 bits per heavy atom. The molecule has 1 fully saturated rings. The zero-order valence-corrected chi connectivity index (χ0v) is 17.8. The molecule has 4 rings (SSSR count). The summed E-state index contributed by atoms with van der Waals surface area (Å²) in [7, 11) is 0. The third kappa shape index (κ3) is 5.54. The molecule has 0 spiro atoms. The molecule has 5 nitrogen and oxygen atoms in total. The van der Waals surface area contributed by atoms with Crippen molar-refractivity contribution < 1.29 is 9.53 Å². The van der Waals surface area contributed by atoms with Gasteiger partial charge in [-0.25, -0.2) is 0 Å². The van der Waals surface area contributed by atoms with Crippen molar-refractivity contribution in [3.63, 3.8) is 0 Å². The molecule has 0 saturated carbocycles. The summed E-state index contributed by atoms with van der Waals surface area (Å²) in [6.45, 7) is 5.56. The Labute approximate surface area is 180 Å². The van der Waals surface area contributed by atoms with Crippen molar-refractivity contribution in [3.8, 4) is 5.75 Å². The first-order valence-corrected chi connectivity index (χ1v) is 11.3. The lowest BCUT2D eigenvalue weighted by atomic mass is 10.1. The lowest BCUT2D eigenvalue weighted by Gasteiger charge is -2.38. The van der Waals surface area contributed by atoms with Gasteiger partial charge in [0.15, 0.2) is 0 Å². The highest BCUT2D eigenvalue weighted by Crippen LogP contribution is 2.35. The molecule has 2 aromatic rings. The molecule has 1 N–H and O–H groups in total. The molecule has 0 aromatic heterocycles. The fourth-order valence-electron chi connectivity index (χ4n) is 4.45. The zero-order valence-electron chi connectivity index (χ0n) is 17.8. The van der Waals surface area contributed by atoms with Gasteiger partial charge in [0, 0.05) is 13.1 Å². The number of para-hydroxylation sites is 2. The third-order valence-electron chi connectivity index (χ3n) is 6.09. The second-order valence-electron chi connectivity index (χ2n) is 8.36. The summed E-state index contributed by atoms with van der Waals surface area (Å²) in [6.07, 6.45) is 5.45. The number of anilines is 1. The van der Waals surface area contributed by atoms with Gasteiger partial charge in [0.05, 0.1) is 18.2 Å². The van der Waals surface area contributed by atoms with Crippen molar-refractivity contribution in [1.82, 2.24) is 10.2 Å². The Hall–Kier alpha value is -2.53. The summed E-state index contributed by atoms with van der Waals surface area (Å²) < 4.78 is 5.98. The molecule has 2 heterocycles. The maximum atomic E-state index is 12.7. The van der Waals surface area contributed by atoms with Crippen LogP contribution in [0.4, 0.5) is 5.69 Å². The zero-order chi connectivity index (χ0) is 20.6. The summed E-state index contributed by atoms with van der Waals surface area (Å²) >= 11 is 0. The molecular weight excluding hydrogens is 374 g/mol. The highest BCUT2D eigenvalue weighted by Gasteiger charge is 2.29. The van der Waals surface area contributed by atoms with Crippen molar-refractivity contribution in [2.45, 2.75) is 44.7 Å². The summed E-state index contributed by atoms with van der Waals surface area (Å²) in [5, 5.41) is 3.13. The molecule has 1 saturated heterocycles. The number of benzene rings is 2. The number of fused-ring (bicyclic) bond motifs is 1. The van der Waals surface area contributed by atoms with Crippen LogP contribution in [0.15, 0.2) is 54.6 Å². The van der Waals surface area contributed by atoms with E-state index < -0.39 is 0 Å². The van der Waals surface area contributed by atoms with Crippen LogP contribution in [0.1, 0.15) is 37.7 Å². The molecule has 2 aliphatic heterocycles. The largest absolute Gasteiger partial charge is 0.489 e. The Kier molecular flexibility index (Phi) is 7.25. The number of hydrogen-bond acceptors (Lipinski definition) is 4. The monoisotopic (exact) mass is 407 g/mol. The van der Waals surface area contributed by atoms with Crippen LogP contribution in [0.5, 0.6) is 5.75 Å². The molecule has 5 heteroatoms. The minimum atomic E-state index is 0.0298. The molecule has 1 amide bonds. The lowest BCUT2D eigenvalue weighted by molar-refractivity contribution is -0.121. The number of nitrogens with zero attached hydrogens (tertiary/aromatic N) is 2. The van der Waals surface area contributed by atoms with Gasteiger partial charge < -0.3 is 19.9 Å². The van der Waals surface area contributed by atoms with E-state index in [2.05, 4.69) is 45.4 Å². The molecule has 0 radical (unpaired) electrons. The number of ether oxygens (including phenoxy) is 1. The summed E-state index contributed by atoms with van der Waals surface area (Å²) in [6, 6.07) is 18.6. The highest BCUT2D eigenvalue weighted by atomic mass is 16.5. The maximum Gasteiger partial charge on any atom is 0.222 e. The number of carbonyl (C=O) groups is 1. The number of hydrogen-bond donors (Lipinski definition) is 1. The van der Waals surface area contributed by atoms with Gasteiger partial charge in [0.1, 0.15) is 12.4 Å². The molecule has 160 valence electrons. The first kappa shape index (κ1) is 20.7. The maximum absolute atomic E-state index is 12.7. The molecule has 2 aromatic carbocycles. The molecule has 1 atom stereocenters. The van der Waals surface area contributed by atoms with Crippen LogP contribution >= 0.6 is 0 Å². The normalized spacial score (nSPS) is 19.1. The van der Waals surface area contributed by atoms with Gasteiger partial charge in [-0.3, -0.25) is 4.79 Å². The fraction of sp³-hybridized carbons (Fsp3) is 0.480. The number of piperidine rings is 1. The number of likely N-dealkylation sites (tertiary alicyclic amines) is 1. The summed E-state index contributed by atoms with van der Waals surface area (Å²) in [4.78, 5) is 17.5. The van der Waals surface area contributed by atoms with Crippen LogP contribution < -0.4 is 15.0 Å². The van der Waals surface area contributed by atoms with Crippen LogP contribution in [-0.4, -0.2) is 49.6 Å². The van der Waals surface area contributed by atoms with Gasteiger partial charge in [-0.15, -0.1) is 0 Å². The van der Waals surface area contributed by atoms with Crippen LogP contribution in [0.25, 0.3) is 0 Å². The smallest absolute Gasteiger partial charge is 0.222 e. The third-order valence-corrected chi connectivity index (χ3v) is 6.09. The predicted molar refractivity (Wildman–Crippen MR) is 121 cm³/mol. The fourth-order valence-corrected chi connectivity index (χ4v) is 4.45. The lowest BCUT2D eigenvalue weighted by Crippen LogP contribution is -2.45. The standard InChI is InChI=1S/C25H33N3O2/c29-25(26-14-9-17-27-15-7-2-8-16-27)18-22-20-30-24-13-6-5-12-23(24)28(22)19-21-10-3-1-4-11-21/h1,3-6,10-13,22H,2,7-9,14-20H2,(H,26,29). The number of amides is 1. The first-order valence-electron chi connectivity index (χ1n) is 11.3. The van der Waals surface area contributed by atoms with Crippen LogP contribution in [0.3, 0.4) is 0 Å². The van der Waals surface area contributed by atoms with Crippen LogP contribution in [-0.2, 0) is 11.3 Å². The number of rotatable bonds is 8. The number of nitrogens with one attached hydrogen (secondary N) is 1. The topological polar surface area (TPSA) is 44.8 Å². The average molecular weight is 408 g/mol. The van der Waals surface area contributed by atoms with Crippen molar-refractivity contribution in [2.24, 2.45) is 0 Å². The Morgan fingerprint density at radius 2 is 1.77 bits per heavy atom. The Balaban J connectivity index is 1.32. The molecule has 0 aliphatic carbocycles. The molecule has 2 aliphatic rings. The number of carbonyl (C=O) groups excluding carboxylic acids is 1. The van der Waals surface area contributed by atoms with Gasteiger partial charge in [-0.2, -0.15) is 0 Å². The van der Waals surface area contributed by atoms with Gasteiger partial charge in [-0.05, 0) is 56.6 Å². The van der Waals surface area contributed by atoms with Crippen LogP contribution in [0, 0.1) is 0 Å². The van der Waals surface area contributed by atoms with E-state index >= 15 is 0 Å². The Morgan fingerprint density at radius 1 is 1.00 bits per heavy atom. The van der Waals surface area contributed by atoms with E-state index in [1.165, 1.54) is 37.9 Å². The van der Waals surface area contributed by atoms with Crippen LogP contribution in [0.2, 0.25) is 0 Å². The minimum Gasteiger partial charge on any atom is -0.489 e. The summed E-state index contributed by atoms with van der Waals surface area (Å²) in [5.74, 6) is 1.01. The summed E-state index contributed by atoms with van der Waals surface area (Å²) in [5.41, 5.74) is 2.30. The second kappa shape index (κ2) is 10.5. The van der Waals surface area contributed by atoms with E-state index in [1.807, 2.05) is 24.3 Å². The van der Waals surface area contributed by atoms with Gasteiger partial charge in [0.2, 0.25) is 5.91 Å². The van der Waals surface area contributed by atoms with Gasteiger partial charge in [-0.1, -0.05) is 48.9 Å². The van der Waals surface area contributed by atoms with E-state index in [0.29, 0.717) is 13.0 Å². The quantitative estimate of drug-likeness (QED) is 0.676. The molecular formula is C25H33N3O2. The first-order chi connectivity index (χ1) is 14.8. The predicted octanol–water partition coefficient (Wildman–Crippen LogP) is 3.84. The molecule has 1 unspecified atom stereocenters. The van der Waals surface area contributed by atoms with Gasteiger partial charge in [0.25, 0.3) is 0 Å². The van der Waals surface area contributed by atoms with E-state index in [0.717, 1.165) is 37.5 Å². The Bertz CT molecular complexity index is 805. The van der Waals surface area contributed by atoms with Crippen molar-refractivity contribution >= 4 is 11.6 Å². The molecule has 30 heavy (non-hydrogen) atoms. The average Bonchev–Trinajstić information content (AvgIpc) is 2.80. The van der Waals surface area contributed by atoms with E-state index in [-0.39, 0.29) is 11.9 Å². The van der Waals surface area contributed by atoms with E-state index in [4.69, 9.17) is 4.74 Å². The van der Waals surface area contributed by atoms with E-state index in [9.17, 15) is 4.79 Å². The second-order valence-corrected chi connectivity index (χ2v) is 8.36. The highest BCUT2D eigenvalue weighted by molar-refractivity contribution is 5.77. The van der Waals surface area contributed by atoms with Crippen molar-refractivity contribution in [2.75, 3.05) is 37.7 Å². The van der Waals surface area contributed by atoms with Gasteiger partial charge >= 0.3 is 0 Å². The van der Waals surface area contributed by atoms with E-state index in [1.54, 1.807) is 0 Å².